The Morgan fingerprint density at radius 3 is 2.76 bits per heavy atom. The Morgan fingerprint density at radius 1 is 1.32 bits per heavy atom. The molecule has 0 fully saturated rings. The Hall–Kier alpha value is -1.88. The SMILES string of the molecule is CC(C)CCC(C)(O)CNC(=O)CCN1C(=O)CCc2ccccc21. The average Bonchev–Trinajstić information content (AvgIpc) is 2.57. The standard InChI is InChI=1S/C20H30N2O3/c1-15(2)10-12-20(3,25)14-21-18(23)11-13-22-17-7-5-4-6-16(17)8-9-19(22)24/h4-7,15,25H,8-14H2,1-3H3,(H,21,23). The molecule has 2 amide bonds. The van der Waals surface area contributed by atoms with Gasteiger partial charge in [0.1, 0.15) is 0 Å². The molecular formula is C20H30N2O3. The van der Waals surface area contributed by atoms with Crippen LogP contribution in [0.2, 0.25) is 0 Å². The summed E-state index contributed by atoms with van der Waals surface area (Å²) in [5, 5.41) is 13.1. The molecule has 0 spiro atoms. The molecule has 25 heavy (non-hydrogen) atoms. The van der Waals surface area contributed by atoms with Gasteiger partial charge in [-0.2, -0.15) is 0 Å². The first-order chi connectivity index (χ1) is 11.8. The summed E-state index contributed by atoms with van der Waals surface area (Å²) < 4.78 is 0. The van der Waals surface area contributed by atoms with E-state index in [1.54, 1.807) is 11.8 Å². The van der Waals surface area contributed by atoms with Gasteiger partial charge in [-0.1, -0.05) is 32.0 Å². The molecule has 2 rings (SSSR count). The van der Waals surface area contributed by atoms with Gasteiger partial charge in [-0.3, -0.25) is 9.59 Å². The summed E-state index contributed by atoms with van der Waals surface area (Å²) in [6.45, 7) is 6.59. The van der Waals surface area contributed by atoms with Crippen molar-refractivity contribution in [3.8, 4) is 0 Å². The van der Waals surface area contributed by atoms with Crippen molar-refractivity contribution in [2.75, 3.05) is 18.0 Å². The Labute approximate surface area is 150 Å². The van der Waals surface area contributed by atoms with Crippen LogP contribution in [0.1, 0.15) is 52.0 Å². The van der Waals surface area contributed by atoms with E-state index in [-0.39, 0.29) is 24.8 Å². The highest BCUT2D eigenvalue weighted by atomic mass is 16.3. The second kappa shape index (κ2) is 8.48. The minimum Gasteiger partial charge on any atom is -0.388 e. The number of fused-ring (bicyclic) bond motifs is 1. The van der Waals surface area contributed by atoms with Gasteiger partial charge in [0.05, 0.1) is 5.60 Å². The van der Waals surface area contributed by atoms with Crippen LogP contribution in [0.3, 0.4) is 0 Å². The molecule has 0 aliphatic carbocycles. The zero-order valence-corrected chi connectivity index (χ0v) is 15.5. The zero-order valence-electron chi connectivity index (χ0n) is 15.5. The van der Waals surface area contributed by atoms with Crippen molar-refractivity contribution in [1.29, 1.82) is 0 Å². The number of nitrogens with one attached hydrogen (secondary N) is 1. The number of aliphatic hydroxyl groups is 1. The fourth-order valence-electron chi connectivity index (χ4n) is 3.02. The summed E-state index contributed by atoms with van der Waals surface area (Å²) in [6.07, 6.45) is 3.06. The van der Waals surface area contributed by atoms with Crippen molar-refractivity contribution in [1.82, 2.24) is 5.32 Å². The van der Waals surface area contributed by atoms with Crippen molar-refractivity contribution >= 4 is 17.5 Å². The summed E-state index contributed by atoms with van der Waals surface area (Å²) >= 11 is 0. The Kier molecular flexibility index (Phi) is 6.59. The van der Waals surface area contributed by atoms with Crippen molar-refractivity contribution in [3.05, 3.63) is 29.8 Å². The predicted molar refractivity (Wildman–Crippen MR) is 99.4 cm³/mol. The number of nitrogens with zero attached hydrogens (tertiary/aromatic N) is 1. The van der Waals surface area contributed by atoms with Crippen LogP contribution in [-0.2, 0) is 16.0 Å². The minimum absolute atomic E-state index is 0.0652. The van der Waals surface area contributed by atoms with Gasteiger partial charge in [-0.15, -0.1) is 0 Å². The van der Waals surface area contributed by atoms with Crippen LogP contribution in [0.15, 0.2) is 24.3 Å². The lowest BCUT2D eigenvalue weighted by atomic mass is 9.95. The summed E-state index contributed by atoms with van der Waals surface area (Å²) in [4.78, 5) is 26.0. The third-order valence-electron chi connectivity index (χ3n) is 4.68. The molecule has 5 nitrogen and oxygen atoms in total. The van der Waals surface area contributed by atoms with Crippen LogP contribution in [0, 0.1) is 5.92 Å². The fraction of sp³-hybridized carbons (Fsp3) is 0.600. The second-order valence-electron chi connectivity index (χ2n) is 7.63. The largest absolute Gasteiger partial charge is 0.388 e. The molecule has 0 radical (unpaired) electrons. The molecule has 2 N–H and O–H groups in total. The first kappa shape index (κ1) is 19.4. The van der Waals surface area contributed by atoms with Crippen LogP contribution in [-0.4, -0.2) is 35.6 Å². The number of hydrogen-bond donors (Lipinski definition) is 2. The Bertz CT molecular complexity index is 611. The third-order valence-corrected chi connectivity index (χ3v) is 4.68. The molecule has 1 unspecified atom stereocenters. The second-order valence-corrected chi connectivity index (χ2v) is 7.63. The number of aryl methyl sites for hydroxylation is 1. The summed E-state index contributed by atoms with van der Waals surface area (Å²) in [5.74, 6) is 0.448. The van der Waals surface area contributed by atoms with E-state index in [2.05, 4.69) is 19.2 Å². The first-order valence-electron chi connectivity index (χ1n) is 9.16. The maximum atomic E-state index is 12.2. The van der Waals surface area contributed by atoms with Crippen LogP contribution < -0.4 is 10.2 Å². The van der Waals surface area contributed by atoms with Gasteiger partial charge < -0.3 is 15.3 Å². The lowest BCUT2D eigenvalue weighted by Crippen LogP contribution is -2.42. The van der Waals surface area contributed by atoms with Crippen LogP contribution >= 0.6 is 0 Å². The molecule has 5 heteroatoms. The molecule has 1 atom stereocenters. The van der Waals surface area contributed by atoms with E-state index in [1.807, 2.05) is 24.3 Å². The van der Waals surface area contributed by atoms with Crippen molar-refractivity contribution in [2.45, 2.75) is 58.5 Å². The van der Waals surface area contributed by atoms with E-state index in [9.17, 15) is 14.7 Å². The van der Waals surface area contributed by atoms with E-state index >= 15 is 0 Å². The minimum atomic E-state index is -0.895. The van der Waals surface area contributed by atoms with Crippen molar-refractivity contribution < 1.29 is 14.7 Å². The fourth-order valence-corrected chi connectivity index (χ4v) is 3.02. The van der Waals surface area contributed by atoms with Crippen LogP contribution in [0.25, 0.3) is 0 Å². The normalized spacial score (nSPS) is 16.5. The van der Waals surface area contributed by atoms with Gasteiger partial charge >= 0.3 is 0 Å². The lowest BCUT2D eigenvalue weighted by molar-refractivity contribution is -0.122. The Morgan fingerprint density at radius 2 is 2.04 bits per heavy atom. The van der Waals surface area contributed by atoms with Gasteiger partial charge in [0.2, 0.25) is 11.8 Å². The maximum absolute atomic E-state index is 12.2. The third kappa shape index (κ3) is 5.85. The number of carbonyl (C=O) groups excluding carboxylic acids is 2. The lowest BCUT2D eigenvalue weighted by Gasteiger charge is -2.29. The highest BCUT2D eigenvalue weighted by molar-refractivity contribution is 5.96. The van der Waals surface area contributed by atoms with E-state index in [0.717, 1.165) is 24.1 Å². The highest BCUT2D eigenvalue weighted by Gasteiger charge is 2.25. The molecule has 1 aromatic carbocycles. The number of amides is 2. The highest BCUT2D eigenvalue weighted by Crippen LogP contribution is 2.27. The van der Waals surface area contributed by atoms with E-state index < -0.39 is 5.60 Å². The predicted octanol–water partition coefficient (Wildman–Crippen LogP) is 2.66. The monoisotopic (exact) mass is 346 g/mol. The number of anilines is 1. The van der Waals surface area contributed by atoms with Gasteiger partial charge in [0.15, 0.2) is 0 Å². The Balaban J connectivity index is 1.83. The van der Waals surface area contributed by atoms with E-state index in [4.69, 9.17) is 0 Å². The van der Waals surface area contributed by atoms with Gasteiger partial charge in [-0.05, 0) is 43.7 Å². The zero-order chi connectivity index (χ0) is 18.4. The number of hydrogen-bond acceptors (Lipinski definition) is 3. The smallest absolute Gasteiger partial charge is 0.227 e. The van der Waals surface area contributed by atoms with Crippen molar-refractivity contribution in [2.24, 2.45) is 5.92 Å². The van der Waals surface area contributed by atoms with Gasteiger partial charge in [-0.25, -0.2) is 0 Å². The average molecular weight is 346 g/mol. The maximum Gasteiger partial charge on any atom is 0.227 e. The summed E-state index contributed by atoms with van der Waals surface area (Å²) in [6, 6.07) is 7.84. The summed E-state index contributed by atoms with van der Waals surface area (Å²) in [7, 11) is 0. The number of benzene rings is 1. The topological polar surface area (TPSA) is 69.6 Å². The molecule has 1 aromatic rings. The molecule has 0 saturated carbocycles. The van der Waals surface area contributed by atoms with Crippen molar-refractivity contribution in [3.63, 3.8) is 0 Å². The van der Waals surface area contributed by atoms with E-state index in [0.29, 0.717) is 25.3 Å². The number of para-hydroxylation sites is 1. The molecular weight excluding hydrogens is 316 g/mol. The molecule has 1 aliphatic rings. The first-order valence-corrected chi connectivity index (χ1v) is 9.16. The van der Waals surface area contributed by atoms with Gasteiger partial charge in [0.25, 0.3) is 0 Å². The van der Waals surface area contributed by atoms with Gasteiger partial charge in [0, 0.05) is 31.6 Å². The van der Waals surface area contributed by atoms with Crippen LogP contribution in [0.5, 0.6) is 0 Å². The molecule has 1 heterocycles. The molecule has 0 bridgehead atoms. The molecule has 0 saturated heterocycles. The number of carbonyl (C=O) groups is 2. The molecule has 1 aliphatic heterocycles. The summed E-state index contributed by atoms with van der Waals surface area (Å²) in [5.41, 5.74) is 1.17. The van der Waals surface area contributed by atoms with E-state index in [1.165, 1.54) is 0 Å². The molecule has 138 valence electrons. The quantitative estimate of drug-likeness (QED) is 0.760. The molecule has 0 aromatic heterocycles. The number of rotatable bonds is 8. The van der Waals surface area contributed by atoms with Crippen LogP contribution in [0.4, 0.5) is 5.69 Å².